The van der Waals surface area contributed by atoms with Crippen molar-refractivity contribution in [2.24, 2.45) is 5.92 Å². The second-order valence-electron chi connectivity index (χ2n) is 7.97. The summed E-state index contributed by atoms with van der Waals surface area (Å²) in [7, 11) is 0. The molecule has 3 aliphatic heterocycles. The van der Waals surface area contributed by atoms with Crippen molar-refractivity contribution >= 4 is 23.6 Å². The number of rotatable bonds is 5. The lowest BCUT2D eigenvalue weighted by Gasteiger charge is -2.28. The molecule has 4 rings (SSSR count). The van der Waals surface area contributed by atoms with Crippen LogP contribution in [0.25, 0.3) is 0 Å². The lowest BCUT2D eigenvalue weighted by molar-refractivity contribution is -0.136. The van der Waals surface area contributed by atoms with Gasteiger partial charge in [-0.2, -0.15) is 0 Å². The fourth-order valence-electron chi connectivity index (χ4n) is 4.59. The van der Waals surface area contributed by atoms with E-state index in [0.717, 1.165) is 34.6 Å². The molecule has 1 unspecified atom stereocenters. The zero-order chi connectivity index (χ0) is 20.9. The van der Waals surface area contributed by atoms with Crippen molar-refractivity contribution in [3.8, 4) is 0 Å². The molecule has 4 amide bonds. The van der Waals surface area contributed by atoms with Crippen LogP contribution < -0.4 is 5.32 Å². The first-order valence-corrected chi connectivity index (χ1v) is 10.2. The second-order valence-corrected chi connectivity index (χ2v) is 7.97. The summed E-state index contributed by atoms with van der Waals surface area (Å²) >= 11 is 0. The Kier molecular flexibility index (Phi) is 4.76. The Morgan fingerprint density at radius 1 is 1.07 bits per heavy atom. The Morgan fingerprint density at radius 3 is 2.10 bits per heavy atom. The van der Waals surface area contributed by atoms with Gasteiger partial charge >= 0.3 is 0 Å². The third-order valence-corrected chi connectivity index (χ3v) is 6.35. The average molecular weight is 395 g/mol. The summed E-state index contributed by atoms with van der Waals surface area (Å²) in [6, 6.07) is 2.65. The number of nitrogens with zero attached hydrogens (tertiary/aromatic N) is 2. The fraction of sp³-hybridized carbons (Fsp3) is 0.455. The summed E-state index contributed by atoms with van der Waals surface area (Å²) in [4.78, 5) is 52.7. The van der Waals surface area contributed by atoms with E-state index < -0.39 is 23.8 Å². The van der Waals surface area contributed by atoms with Crippen molar-refractivity contribution < 1.29 is 19.2 Å². The summed E-state index contributed by atoms with van der Waals surface area (Å²) in [6.45, 7) is 9.90. The standard InChI is InChI=1S/C22H25N3O4/c1-4-13(5-2)12(3)24-10-14-8-16-17(9-15(14)11-24)22(29)25(21(16)28)18-6-7-19(26)23-20(18)27/h8-9,13,18H,3-7,10-11H2,1-2H3,(H,23,26,27). The van der Waals surface area contributed by atoms with Gasteiger partial charge in [-0.1, -0.05) is 20.4 Å². The maximum absolute atomic E-state index is 13.0. The van der Waals surface area contributed by atoms with Crippen LogP contribution in [-0.2, 0) is 22.7 Å². The van der Waals surface area contributed by atoms with Gasteiger partial charge < -0.3 is 4.90 Å². The van der Waals surface area contributed by atoms with Crippen molar-refractivity contribution in [1.29, 1.82) is 0 Å². The predicted molar refractivity (Wildman–Crippen MR) is 106 cm³/mol. The molecule has 0 spiro atoms. The maximum Gasteiger partial charge on any atom is 0.262 e. The number of carbonyl (C=O) groups excluding carboxylic acids is 4. The first-order valence-electron chi connectivity index (χ1n) is 10.2. The Balaban J connectivity index is 1.59. The monoisotopic (exact) mass is 395 g/mol. The Bertz CT molecular complexity index is 903. The van der Waals surface area contributed by atoms with Crippen molar-refractivity contribution in [3.05, 3.63) is 46.7 Å². The number of fused-ring (bicyclic) bond motifs is 2. The smallest absolute Gasteiger partial charge is 0.262 e. The van der Waals surface area contributed by atoms with E-state index in [2.05, 4.69) is 30.6 Å². The number of allylic oxidation sites excluding steroid dienone is 1. The number of nitrogens with one attached hydrogen (secondary N) is 1. The highest BCUT2D eigenvalue weighted by atomic mass is 16.2. The summed E-state index contributed by atoms with van der Waals surface area (Å²) in [5, 5.41) is 2.22. The summed E-state index contributed by atoms with van der Waals surface area (Å²) in [5.41, 5.74) is 3.81. The van der Waals surface area contributed by atoms with E-state index in [1.165, 1.54) is 0 Å². The number of carbonyl (C=O) groups is 4. The van der Waals surface area contributed by atoms with Gasteiger partial charge in [0.05, 0.1) is 11.1 Å². The van der Waals surface area contributed by atoms with Gasteiger partial charge in [-0.25, -0.2) is 0 Å². The number of hydrogen-bond donors (Lipinski definition) is 1. The van der Waals surface area contributed by atoms with Crippen LogP contribution in [0.2, 0.25) is 0 Å². The number of amides is 4. The molecule has 0 radical (unpaired) electrons. The summed E-state index contributed by atoms with van der Waals surface area (Å²) < 4.78 is 0. The van der Waals surface area contributed by atoms with Crippen LogP contribution in [0.1, 0.15) is 71.4 Å². The van der Waals surface area contributed by atoms with E-state index in [-0.39, 0.29) is 18.7 Å². The Morgan fingerprint density at radius 2 is 1.62 bits per heavy atom. The molecule has 7 heteroatoms. The molecule has 3 aliphatic rings. The summed E-state index contributed by atoms with van der Waals surface area (Å²) in [6.07, 6.45) is 2.33. The van der Waals surface area contributed by atoms with Gasteiger partial charge in [0.1, 0.15) is 6.04 Å². The number of hydrogen-bond acceptors (Lipinski definition) is 5. The molecule has 1 aromatic carbocycles. The van der Waals surface area contributed by atoms with Gasteiger partial charge in [0.15, 0.2) is 0 Å². The van der Waals surface area contributed by atoms with Crippen molar-refractivity contribution in [1.82, 2.24) is 15.1 Å². The van der Waals surface area contributed by atoms with Crippen LogP contribution in [0.3, 0.4) is 0 Å². The molecule has 0 aliphatic carbocycles. The SMILES string of the molecule is C=C(C(CC)CC)N1Cc2cc3c(cc2C1)C(=O)N(C1CCC(=O)NC1=O)C3=O. The minimum Gasteiger partial charge on any atom is -0.366 e. The summed E-state index contributed by atoms with van der Waals surface area (Å²) in [5.74, 6) is -1.46. The molecule has 0 bridgehead atoms. The van der Waals surface area contributed by atoms with E-state index in [1.54, 1.807) is 12.1 Å². The minimum absolute atomic E-state index is 0.118. The van der Waals surface area contributed by atoms with Crippen LogP contribution in [-0.4, -0.2) is 39.5 Å². The van der Waals surface area contributed by atoms with Gasteiger partial charge in [-0.3, -0.25) is 29.4 Å². The largest absolute Gasteiger partial charge is 0.366 e. The number of imide groups is 2. The average Bonchev–Trinajstić information content (AvgIpc) is 3.21. The number of piperidine rings is 1. The lowest BCUT2D eigenvalue weighted by Crippen LogP contribution is -2.54. The molecule has 1 N–H and O–H groups in total. The van der Waals surface area contributed by atoms with Crippen LogP contribution in [0, 0.1) is 5.92 Å². The normalized spacial score (nSPS) is 21.0. The lowest BCUT2D eigenvalue weighted by atomic mass is 9.99. The highest BCUT2D eigenvalue weighted by Crippen LogP contribution is 2.35. The topological polar surface area (TPSA) is 86.8 Å². The first-order chi connectivity index (χ1) is 13.8. The van der Waals surface area contributed by atoms with Gasteiger partial charge in [0.2, 0.25) is 11.8 Å². The van der Waals surface area contributed by atoms with E-state index >= 15 is 0 Å². The Hall–Kier alpha value is -2.96. The first kappa shape index (κ1) is 19.4. The van der Waals surface area contributed by atoms with E-state index in [0.29, 0.717) is 30.1 Å². The molecule has 1 atom stereocenters. The van der Waals surface area contributed by atoms with E-state index in [9.17, 15) is 19.2 Å². The third-order valence-electron chi connectivity index (χ3n) is 6.35. The second kappa shape index (κ2) is 7.13. The van der Waals surface area contributed by atoms with Crippen molar-refractivity contribution in [2.45, 2.75) is 58.7 Å². The molecule has 1 saturated heterocycles. The molecule has 152 valence electrons. The van der Waals surface area contributed by atoms with Crippen LogP contribution >= 0.6 is 0 Å². The third kappa shape index (κ3) is 3.05. The molecule has 3 heterocycles. The van der Waals surface area contributed by atoms with Crippen LogP contribution in [0.15, 0.2) is 24.4 Å². The Labute approximate surface area is 169 Å². The molecule has 1 fully saturated rings. The zero-order valence-corrected chi connectivity index (χ0v) is 16.8. The van der Waals surface area contributed by atoms with Crippen molar-refractivity contribution in [2.75, 3.05) is 0 Å². The molecular formula is C22H25N3O4. The quantitative estimate of drug-likeness (QED) is 0.774. The molecule has 0 saturated carbocycles. The maximum atomic E-state index is 13.0. The predicted octanol–water partition coefficient (Wildman–Crippen LogP) is 2.35. The highest BCUT2D eigenvalue weighted by molar-refractivity contribution is 6.23. The molecule has 0 aromatic heterocycles. The zero-order valence-electron chi connectivity index (χ0n) is 16.8. The fourth-order valence-corrected chi connectivity index (χ4v) is 4.59. The van der Waals surface area contributed by atoms with Gasteiger partial charge in [0, 0.05) is 25.2 Å². The molecule has 7 nitrogen and oxygen atoms in total. The highest BCUT2D eigenvalue weighted by Gasteiger charge is 2.45. The van der Waals surface area contributed by atoms with Crippen molar-refractivity contribution in [3.63, 3.8) is 0 Å². The van der Waals surface area contributed by atoms with Crippen LogP contribution in [0.5, 0.6) is 0 Å². The van der Waals surface area contributed by atoms with Gasteiger partial charge in [-0.05, 0) is 48.4 Å². The number of benzene rings is 1. The van der Waals surface area contributed by atoms with Gasteiger partial charge in [-0.15, -0.1) is 0 Å². The van der Waals surface area contributed by atoms with E-state index in [1.807, 2.05) is 0 Å². The van der Waals surface area contributed by atoms with Gasteiger partial charge in [0.25, 0.3) is 11.8 Å². The molecule has 29 heavy (non-hydrogen) atoms. The van der Waals surface area contributed by atoms with E-state index in [4.69, 9.17) is 0 Å². The molecular weight excluding hydrogens is 370 g/mol. The molecule has 1 aromatic rings. The minimum atomic E-state index is -0.930. The van der Waals surface area contributed by atoms with Crippen LogP contribution in [0.4, 0.5) is 0 Å².